The summed E-state index contributed by atoms with van der Waals surface area (Å²) in [5.41, 5.74) is 7.36. The van der Waals surface area contributed by atoms with E-state index in [0.717, 1.165) is 29.9 Å². The summed E-state index contributed by atoms with van der Waals surface area (Å²) in [5, 5.41) is 0. The zero-order valence-electron chi connectivity index (χ0n) is 12.2. The highest BCUT2D eigenvalue weighted by atomic mass is 32.1. The van der Waals surface area contributed by atoms with Gasteiger partial charge < -0.3 is 15.2 Å². The van der Waals surface area contributed by atoms with E-state index in [1.54, 1.807) is 14.2 Å². The molecule has 0 fully saturated rings. The van der Waals surface area contributed by atoms with Crippen molar-refractivity contribution in [2.75, 3.05) is 14.2 Å². The lowest BCUT2D eigenvalue weighted by atomic mass is 10.0. The number of aryl methyl sites for hydroxylation is 1. The predicted octanol–water partition coefficient (Wildman–Crippen LogP) is 3.57. The summed E-state index contributed by atoms with van der Waals surface area (Å²) in [5.74, 6) is 1.55. The molecule has 0 saturated heterocycles. The van der Waals surface area contributed by atoms with E-state index in [0.29, 0.717) is 0 Å². The van der Waals surface area contributed by atoms with Crippen molar-refractivity contribution in [3.63, 3.8) is 0 Å². The minimum absolute atomic E-state index is 0.0534. The van der Waals surface area contributed by atoms with Gasteiger partial charge in [-0.05, 0) is 36.2 Å². The van der Waals surface area contributed by atoms with E-state index in [-0.39, 0.29) is 6.04 Å². The molecule has 0 aliphatic carbocycles. The Morgan fingerprint density at radius 2 is 1.65 bits per heavy atom. The Morgan fingerprint density at radius 1 is 1.05 bits per heavy atom. The molecule has 1 heterocycles. The molecule has 0 bridgehead atoms. The topological polar surface area (TPSA) is 44.5 Å². The molecule has 2 N–H and O–H groups in total. The molecule has 3 nitrogen and oxygen atoms in total. The monoisotopic (exact) mass is 291 g/mol. The average molecular weight is 291 g/mol. The fraction of sp³-hybridized carbons (Fsp3) is 0.375. The Balaban J connectivity index is 2.17. The number of nitrogens with two attached hydrogens (primary N) is 1. The predicted molar refractivity (Wildman–Crippen MR) is 83.9 cm³/mol. The van der Waals surface area contributed by atoms with Crippen molar-refractivity contribution in [1.29, 1.82) is 0 Å². The van der Waals surface area contributed by atoms with Crippen LogP contribution in [0.2, 0.25) is 0 Å². The first-order valence-electron chi connectivity index (χ1n) is 6.72. The van der Waals surface area contributed by atoms with Crippen LogP contribution in [0.25, 0.3) is 0 Å². The van der Waals surface area contributed by atoms with Crippen molar-refractivity contribution in [2.24, 2.45) is 5.73 Å². The maximum Gasteiger partial charge on any atom is 0.122 e. The Bertz CT molecular complexity index is 543. The maximum atomic E-state index is 6.32. The third kappa shape index (κ3) is 3.52. The molecule has 0 spiro atoms. The first kappa shape index (κ1) is 14.9. The number of ether oxygens (including phenoxy) is 2. The average Bonchev–Trinajstić information content (AvgIpc) is 2.94. The normalized spacial score (nSPS) is 12.2. The summed E-state index contributed by atoms with van der Waals surface area (Å²) in [4.78, 5) is 2.71. The highest BCUT2D eigenvalue weighted by Gasteiger charge is 2.12. The van der Waals surface area contributed by atoms with Crippen LogP contribution in [0.3, 0.4) is 0 Å². The van der Waals surface area contributed by atoms with Gasteiger partial charge in [-0.2, -0.15) is 0 Å². The summed E-state index contributed by atoms with van der Waals surface area (Å²) >= 11 is 1.83. The zero-order valence-corrected chi connectivity index (χ0v) is 13.0. The fourth-order valence-electron chi connectivity index (χ4n) is 2.10. The Hall–Kier alpha value is -1.52. The standard InChI is InChI=1S/C16H21NO2S/c1-4-14-5-6-15(20-14)10-16(17)11-7-12(18-2)9-13(8-11)19-3/h5-9,16H,4,10,17H2,1-3H3. The molecule has 1 unspecified atom stereocenters. The Kier molecular flexibility index (Phi) is 5.04. The molecule has 0 aliphatic heterocycles. The van der Waals surface area contributed by atoms with Crippen LogP contribution in [0.1, 0.15) is 28.3 Å². The first-order valence-corrected chi connectivity index (χ1v) is 7.54. The lowest BCUT2D eigenvalue weighted by Gasteiger charge is -2.14. The van der Waals surface area contributed by atoms with E-state index in [1.165, 1.54) is 9.75 Å². The van der Waals surface area contributed by atoms with Crippen molar-refractivity contribution in [3.8, 4) is 11.5 Å². The smallest absolute Gasteiger partial charge is 0.122 e. The van der Waals surface area contributed by atoms with Crippen LogP contribution in [-0.2, 0) is 12.8 Å². The van der Waals surface area contributed by atoms with Crippen LogP contribution in [0.15, 0.2) is 30.3 Å². The van der Waals surface area contributed by atoms with Gasteiger partial charge in [0, 0.05) is 28.3 Å². The molecule has 0 saturated carbocycles. The van der Waals surface area contributed by atoms with Crippen molar-refractivity contribution in [3.05, 3.63) is 45.6 Å². The van der Waals surface area contributed by atoms with Crippen LogP contribution in [0, 0.1) is 0 Å². The highest BCUT2D eigenvalue weighted by molar-refractivity contribution is 7.11. The van der Waals surface area contributed by atoms with E-state index in [4.69, 9.17) is 15.2 Å². The minimum Gasteiger partial charge on any atom is -0.497 e. The van der Waals surface area contributed by atoms with Crippen molar-refractivity contribution in [2.45, 2.75) is 25.8 Å². The van der Waals surface area contributed by atoms with Crippen LogP contribution in [0.4, 0.5) is 0 Å². The molecule has 108 valence electrons. The highest BCUT2D eigenvalue weighted by Crippen LogP contribution is 2.28. The van der Waals surface area contributed by atoms with E-state index in [2.05, 4.69) is 19.1 Å². The SMILES string of the molecule is CCc1ccc(CC(N)c2cc(OC)cc(OC)c2)s1. The molecule has 0 radical (unpaired) electrons. The van der Waals surface area contributed by atoms with E-state index >= 15 is 0 Å². The second-order valence-corrected chi connectivity index (χ2v) is 5.93. The second-order valence-electron chi connectivity index (χ2n) is 4.68. The van der Waals surface area contributed by atoms with Gasteiger partial charge in [-0.15, -0.1) is 11.3 Å². The van der Waals surface area contributed by atoms with Crippen LogP contribution >= 0.6 is 11.3 Å². The van der Waals surface area contributed by atoms with Gasteiger partial charge in [0.05, 0.1) is 14.2 Å². The van der Waals surface area contributed by atoms with Crippen LogP contribution in [0.5, 0.6) is 11.5 Å². The number of hydrogen-bond acceptors (Lipinski definition) is 4. The van der Waals surface area contributed by atoms with E-state index in [1.807, 2.05) is 29.5 Å². The number of thiophene rings is 1. The number of methoxy groups -OCH3 is 2. The quantitative estimate of drug-likeness (QED) is 0.885. The largest absolute Gasteiger partial charge is 0.497 e. The number of benzene rings is 1. The van der Waals surface area contributed by atoms with E-state index in [9.17, 15) is 0 Å². The molecule has 0 amide bonds. The van der Waals surface area contributed by atoms with Crippen molar-refractivity contribution in [1.82, 2.24) is 0 Å². The number of hydrogen-bond donors (Lipinski definition) is 1. The molecule has 4 heteroatoms. The van der Waals surface area contributed by atoms with E-state index < -0.39 is 0 Å². The van der Waals surface area contributed by atoms with Gasteiger partial charge in [-0.3, -0.25) is 0 Å². The fourth-order valence-corrected chi connectivity index (χ4v) is 3.12. The van der Waals surface area contributed by atoms with Gasteiger partial charge in [-0.25, -0.2) is 0 Å². The molecule has 0 aliphatic rings. The first-order chi connectivity index (χ1) is 9.66. The third-order valence-corrected chi connectivity index (χ3v) is 4.54. The summed E-state index contributed by atoms with van der Waals surface area (Å²) < 4.78 is 10.6. The summed E-state index contributed by atoms with van der Waals surface area (Å²) in [6.07, 6.45) is 1.91. The van der Waals surface area contributed by atoms with Crippen LogP contribution < -0.4 is 15.2 Å². The molecule has 1 aromatic carbocycles. The molecule has 1 atom stereocenters. The molecule has 20 heavy (non-hydrogen) atoms. The molecule has 2 rings (SSSR count). The molecule has 2 aromatic rings. The summed E-state index contributed by atoms with van der Waals surface area (Å²) in [6.45, 7) is 2.17. The summed E-state index contributed by atoms with van der Waals surface area (Å²) in [7, 11) is 3.30. The second kappa shape index (κ2) is 6.77. The van der Waals surface area contributed by atoms with Gasteiger partial charge >= 0.3 is 0 Å². The van der Waals surface area contributed by atoms with Crippen molar-refractivity contribution >= 4 is 11.3 Å². The van der Waals surface area contributed by atoms with Crippen LogP contribution in [-0.4, -0.2) is 14.2 Å². The third-order valence-electron chi connectivity index (χ3n) is 3.29. The molecular weight excluding hydrogens is 270 g/mol. The maximum absolute atomic E-state index is 6.32. The lowest BCUT2D eigenvalue weighted by molar-refractivity contribution is 0.392. The van der Waals surface area contributed by atoms with Gasteiger partial charge in [-0.1, -0.05) is 6.92 Å². The molecular formula is C16H21NO2S. The lowest BCUT2D eigenvalue weighted by Crippen LogP contribution is -2.13. The summed E-state index contributed by atoms with van der Waals surface area (Å²) in [6, 6.07) is 10.1. The van der Waals surface area contributed by atoms with Gasteiger partial charge in [0.25, 0.3) is 0 Å². The Labute approximate surface area is 124 Å². The minimum atomic E-state index is -0.0534. The number of rotatable bonds is 6. The van der Waals surface area contributed by atoms with Gasteiger partial charge in [0.1, 0.15) is 11.5 Å². The zero-order chi connectivity index (χ0) is 14.5. The van der Waals surface area contributed by atoms with Gasteiger partial charge in [0.15, 0.2) is 0 Å². The van der Waals surface area contributed by atoms with Crippen molar-refractivity contribution < 1.29 is 9.47 Å². The Morgan fingerprint density at radius 3 is 2.15 bits per heavy atom. The van der Waals surface area contributed by atoms with Gasteiger partial charge in [0.2, 0.25) is 0 Å². The molecule has 1 aromatic heterocycles.